The average Bonchev–Trinajstić information content (AvgIpc) is 3.00. The summed E-state index contributed by atoms with van der Waals surface area (Å²) in [5.41, 5.74) is 0.406. The van der Waals surface area contributed by atoms with Crippen molar-refractivity contribution in [2.75, 3.05) is 0 Å². The van der Waals surface area contributed by atoms with Crippen molar-refractivity contribution in [1.82, 2.24) is 5.32 Å². The van der Waals surface area contributed by atoms with Crippen LogP contribution in [0.5, 0.6) is 0 Å². The molecule has 5 heteroatoms. The van der Waals surface area contributed by atoms with Gasteiger partial charge in [0.1, 0.15) is 11.6 Å². The molecule has 0 spiro atoms. The summed E-state index contributed by atoms with van der Waals surface area (Å²) < 4.78 is 17.9. The van der Waals surface area contributed by atoms with Crippen molar-refractivity contribution >= 4 is 11.7 Å². The first-order valence-corrected chi connectivity index (χ1v) is 6.68. The van der Waals surface area contributed by atoms with Crippen LogP contribution in [0.3, 0.4) is 0 Å². The number of carbonyl (C=O) groups excluding carboxylic acids is 2. The fraction of sp³-hybridized carbons (Fsp3) is 0.250. The third kappa shape index (κ3) is 4.27. The lowest BCUT2D eigenvalue weighted by molar-refractivity contribution is -0.121. The minimum absolute atomic E-state index is 0.0846. The number of Topliss-reactive ketones (excluding diaryl/α,β-unsaturated/α-hetero) is 1. The van der Waals surface area contributed by atoms with Crippen molar-refractivity contribution in [3.05, 3.63) is 59.8 Å². The largest absolute Gasteiger partial charge is 0.467 e. The maximum absolute atomic E-state index is 12.8. The van der Waals surface area contributed by atoms with Gasteiger partial charge in [-0.3, -0.25) is 9.59 Å². The number of hydrogen-bond donors (Lipinski definition) is 1. The van der Waals surface area contributed by atoms with E-state index >= 15 is 0 Å². The molecule has 0 saturated heterocycles. The lowest BCUT2D eigenvalue weighted by Gasteiger charge is -2.11. The third-order valence-corrected chi connectivity index (χ3v) is 3.09. The van der Waals surface area contributed by atoms with Gasteiger partial charge >= 0.3 is 0 Å². The third-order valence-electron chi connectivity index (χ3n) is 3.09. The Hall–Kier alpha value is -2.43. The van der Waals surface area contributed by atoms with E-state index in [0.29, 0.717) is 11.3 Å². The number of halogens is 1. The Morgan fingerprint density at radius 3 is 2.52 bits per heavy atom. The van der Waals surface area contributed by atoms with Crippen LogP contribution in [-0.4, -0.2) is 11.7 Å². The van der Waals surface area contributed by atoms with Crippen LogP contribution < -0.4 is 5.32 Å². The molecule has 21 heavy (non-hydrogen) atoms. The average molecular weight is 289 g/mol. The molecule has 0 bridgehead atoms. The summed E-state index contributed by atoms with van der Waals surface area (Å²) in [7, 11) is 0. The van der Waals surface area contributed by atoms with E-state index in [9.17, 15) is 14.0 Å². The highest BCUT2D eigenvalue weighted by Crippen LogP contribution is 2.13. The first-order chi connectivity index (χ1) is 10.1. The van der Waals surface area contributed by atoms with Crippen molar-refractivity contribution in [1.29, 1.82) is 0 Å². The number of furan rings is 1. The van der Waals surface area contributed by atoms with Crippen LogP contribution >= 0.6 is 0 Å². The standard InChI is InChI=1S/C16H16FNO3/c1-11(15-3-2-10-21-15)18-16(20)9-8-14(19)12-4-6-13(17)7-5-12/h2-7,10-11H,8-9H2,1H3,(H,18,20)/t11-/m1/s1. The van der Waals surface area contributed by atoms with Gasteiger partial charge in [-0.1, -0.05) is 0 Å². The summed E-state index contributed by atoms with van der Waals surface area (Å²) in [5, 5.41) is 2.75. The Labute approximate surface area is 122 Å². The summed E-state index contributed by atoms with van der Waals surface area (Å²) in [4.78, 5) is 23.6. The molecule has 110 valence electrons. The number of carbonyl (C=O) groups is 2. The number of rotatable bonds is 6. The molecule has 0 unspecified atom stereocenters. The normalized spacial score (nSPS) is 11.9. The summed E-state index contributed by atoms with van der Waals surface area (Å²) in [6.07, 6.45) is 1.71. The first kappa shape index (κ1) is 15.0. The van der Waals surface area contributed by atoms with Gasteiger partial charge in [0.2, 0.25) is 5.91 Å². The van der Waals surface area contributed by atoms with Crippen LogP contribution in [0.1, 0.15) is 41.9 Å². The maximum Gasteiger partial charge on any atom is 0.221 e. The van der Waals surface area contributed by atoms with Crippen LogP contribution in [0, 0.1) is 5.82 Å². The zero-order valence-electron chi connectivity index (χ0n) is 11.6. The van der Waals surface area contributed by atoms with E-state index in [0.717, 1.165) is 0 Å². The van der Waals surface area contributed by atoms with E-state index in [2.05, 4.69) is 5.32 Å². The van der Waals surface area contributed by atoms with Gasteiger partial charge in [-0.2, -0.15) is 0 Å². The number of benzene rings is 1. The molecule has 0 fully saturated rings. The molecule has 1 atom stereocenters. The van der Waals surface area contributed by atoms with E-state index in [1.807, 2.05) is 0 Å². The van der Waals surface area contributed by atoms with Crippen molar-refractivity contribution in [3.63, 3.8) is 0 Å². The fourth-order valence-corrected chi connectivity index (χ4v) is 1.93. The zero-order chi connectivity index (χ0) is 15.2. The monoisotopic (exact) mass is 289 g/mol. The minimum Gasteiger partial charge on any atom is -0.467 e. The molecular formula is C16H16FNO3. The van der Waals surface area contributed by atoms with E-state index < -0.39 is 5.82 Å². The van der Waals surface area contributed by atoms with Crippen LogP contribution in [0.25, 0.3) is 0 Å². The van der Waals surface area contributed by atoms with Crippen molar-refractivity contribution in [2.24, 2.45) is 0 Å². The van der Waals surface area contributed by atoms with Crippen molar-refractivity contribution < 1.29 is 18.4 Å². The Morgan fingerprint density at radius 1 is 1.19 bits per heavy atom. The first-order valence-electron chi connectivity index (χ1n) is 6.68. The van der Waals surface area contributed by atoms with Gasteiger partial charge < -0.3 is 9.73 Å². The molecule has 0 aliphatic rings. The second-order valence-corrected chi connectivity index (χ2v) is 4.73. The van der Waals surface area contributed by atoms with Gasteiger partial charge in [-0.15, -0.1) is 0 Å². The molecule has 1 amide bonds. The summed E-state index contributed by atoms with van der Waals surface area (Å²) >= 11 is 0. The predicted molar refractivity (Wildman–Crippen MR) is 75.2 cm³/mol. The molecule has 2 aromatic rings. The van der Waals surface area contributed by atoms with Gasteiger partial charge in [0.05, 0.1) is 12.3 Å². The van der Waals surface area contributed by atoms with E-state index in [1.54, 1.807) is 19.1 Å². The molecular weight excluding hydrogens is 273 g/mol. The molecule has 4 nitrogen and oxygen atoms in total. The molecule has 0 radical (unpaired) electrons. The smallest absolute Gasteiger partial charge is 0.221 e. The molecule has 1 N–H and O–H groups in total. The van der Waals surface area contributed by atoms with Gasteiger partial charge in [0.15, 0.2) is 5.78 Å². The van der Waals surface area contributed by atoms with Gasteiger partial charge in [-0.05, 0) is 43.3 Å². The molecule has 2 rings (SSSR count). The lowest BCUT2D eigenvalue weighted by atomic mass is 10.1. The summed E-state index contributed by atoms with van der Waals surface area (Å²) in [6, 6.07) is 8.57. The Bertz CT molecular complexity index is 605. The molecule has 0 aliphatic carbocycles. The Morgan fingerprint density at radius 2 is 1.90 bits per heavy atom. The molecule has 1 aromatic heterocycles. The fourth-order valence-electron chi connectivity index (χ4n) is 1.93. The molecule has 1 heterocycles. The second-order valence-electron chi connectivity index (χ2n) is 4.73. The highest BCUT2D eigenvalue weighted by atomic mass is 19.1. The number of hydrogen-bond acceptors (Lipinski definition) is 3. The number of nitrogens with one attached hydrogen (secondary N) is 1. The van der Waals surface area contributed by atoms with Crippen LogP contribution in [0.2, 0.25) is 0 Å². The molecule has 0 saturated carbocycles. The lowest BCUT2D eigenvalue weighted by Crippen LogP contribution is -2.26. The minimum atomic E-state index is -0.392. The second kappa shape index (κ2) is 6.83. The molecule has 1 aromatic carbocycles. The van der Waals surface area contributed by atoms with Crippen molar-refractivity contribution in [2.45, 2.75) is 25.8 Å². The number of ketones is 1. The summed E-state index contributed by atoms with van der Waals surface area (Å²) in [6.45, 7) is 1.80. The van der Waals surface area contributed by atoms with Gasteiger partial charge in [0.25, 0.3) is 0 Å². The van der Waals surface area contributed by atoms with Crippen molar-refractivity contribution in [3.8, 4) is 0 Å². The van der Waals surface area contributed by atoms with Crippen LogP contribution in [0.4, 0.5) is 4.39 Å². The quantitative estimate of drug-likeness (QED) is 0.830. The highest BCUT2D eigenvalue weighted by molar-refractivity contribution is 5.97. The Kier molecular flexibility index (Phi) is 4.87. The maximum atomic E-state index is 12.8. The van der Waals surface area contributed by atoms with E-state index in [1.165, 1.54) is 30.5 Å². The zero-order valence-corrected chi connectivity index (χ0v) is 11.6. The highest BCUT2D eigenvalue weighted by Gasteiger charge is 2.13. The van der Waals surface area contributed by atoms with Gasteiger partial charge in [-0.25, -0.2) is 4.39 Å². The van der Waals surface area contributed by atoms with E-state index in [-0.39, 0.29) is 30.6 Å². The molecule has 0 aliphatic heterocycles. The van der Waals surface area contributed by atoms with E-state index in [4.69, 9.17) is 4.42 Å². The SMILES string of the molecule is C[C@@H](NC(=O)CCC(=O)c1ccc(F)cc1)c1ccco1. The summed E-state index contributed by atoms with van der Waals surface area (Å²) in [5.74, 6) is -0.144. The topological polar surface area (TPSA) is 59.3 Å². The Balaban J connectivity index is 1.81. The van der Waals surface area contributed by atoms with Crippen LogP contribution in [0.15, 0.2) is 47.1 Å². The van der Waals surface area contributed by atoms with Crippen LogP contribution in [-0.2, 0) is 4.79 Å². The number of amides is 1. The van der Waals surface area contributed by atoms with Gasteiger partial charge in [0, 0.05) is 18.4 Å². The predicted octanol–water partition coefficient (Wildman–Crippen LogP) is 3.26.